The van der Waals surface area contributed by atoms with Crippen LogP contribution >= 0.6 is 11.6 Å². The average molecular weight is 257 g/mol. The predicted molar refractivity (Wildman–Crippen MR) is 73.2 cm³/mol. The molecule has 0 saturated heterocycles. The molecule has 0 aliphatic heterocycles. The molecule has 0 spiro atoms. The van der Waals surface area contributed by atoms with Crippen molar-refractivity contribution in [3.63, 3.8) is 0 Å². The minimum Gasteiger partial charge on any atom is -0.309 e. The number of hydrogen-bond acceptors (Lipinski definition) is 2. The number of rotatable bonds is 4. The molecule has 2 aromatic carbocycles. The Kier molecular flexibility index (Phi) is 4.35. The molecule has 0 aromatic heterocycles. The summed E-state index contributed by atoms with van der Waals surface area (Å²) < 4.78 is 0. The average Bonchev–Trinajstić information content (AvgIpc) is 2.42. The number of nitrogens with one attached hydrogen (secondary N) is 1. The molecule has 3 heteroatoms. The van der Waals surface area contributed by atoms with Gasteiger partial charge in [0.2, 0.25) is 0 Å². The molecule has 0 aliphatic rings. The lowest BCUT2D eigenvalue weighted by Crippen LogP contribution is -2.12. The van der Waals surface area contributed by atoms with E-state index in [1.54, 1.807) is 0 Å². The molecule has 0 unspecified atom stereocenters. The number of halogens is 1. The molecule has 2 nitrogen and oxygen atoms in total. The summed E-state index contributed by atoms with van der Waals surface area (Å²) in [6.07, 6.45) is 0. The molecule has 0 atom stereocenters. The van der Waals surface area contributed by atoms with Crippen molar-refractivity contribution in [2.75, 3.05) is 0 Å². The van der Waals surface area contributed by atoms with Crippen LogP contribution in [0.5, 0.6) is 0 Å². The Morgan fingerprint density at radius 2 is 1.72 bits per heavy atom. The molecular weight excluding hydrogens is 244 g/mol. The summed E-state index contributed by atoms with van der Waals surface area (Å²) in [6, 6.07) is 17.5. The van der Waals surface area contributed by atoms with Gasteiger partial charge in [-0.05, 0) is 29.3 Å². The second kappa shape index (κ2) is 6.20. The zero-order valence-corrected chi connectivity index (χ0v) is 10.6. The topological polar surface area (TPSA) is 35.8 Å². The van der Waals surface area contributed by atoms with Gasteiger partial charge in [0.15, 0.2) is 0 Å². The van der Waals surface area contributed by atoms with Crippen molar-refractivity contribution in [1.82, 2.24) is 5.32 Å². The third-order valence-electron chi connectivity index (χ3n) is 2.69. The van der Waals surface area contributed by atoms with Crippen LogP contribution in [0, 0.1) is 11.3 Å². The molecule has 0 amide bonds. The Morgan fingerprint density at radius 1 is 1.00 bits per heavy atom. The van der Waals surface area contributed by atoms with Crippen LogP contribution < -0.4 is 5.32 Å². The summed E-state index contributed by atoms with van der Waals surface area (Å²) in [6.45, 7) is 1.50. The van der Waals surface area contributed by atoms with Gasteiger partial charge < -0.3 is 5.32 Å². The van der Waals surface area contributed by atoms with E-state index in [9.17, 15) is 0 Å². The van der Waals surface area contributed by atoms with E-state index >= 15 is 0 Å². The normalized spacial score (nSPS) is 10.0. The van der Waals surface area contributed by atoms with Crippen LogP contribution in [0.4, 0.5) is 0 Å². The molecule has 0 radical (unpaired) electrons. The van der Waals surface area contributed by atoms with Gasteiger partial charge >= 0.3 is 0 Å². The van der Waals surface area contributed by atoms with E-state index in [-0.39, 0.29) is 0 Å². The van der Waals surface area contributed by atoms with Crippen LogP contribution in [0.15, 0.2) is 48.5 Å². The van der Waals surface area contributed by atoms with Crippen molar-refractivity contribution in [2.24, 2.45) is 0 Å². The van der Waals surface area contributed by atoms with Crippen molar-refractivity contribution < 1.29 is 0 Å². The zero-order chi connectivity index (χ0) is 12.8. The second-order valence-corrected chi connectivity index (χ2v) is 4.41. The maximum Gasteiger partial charge on any atom is 0.0991 e. The zero-order valence-electron chi connectivity index (χ0n) is 9.86. The highest BCUT2D eigenvalue weighted by molar-refractivity contribution is 6.31. The molecule has 2 rings (SSSR count). The first-order valence-electron chi connectivity index (χ1n) is 5.73. The molecule has 0 saturated carbocycles. The molecule has 0 fully saturated rings. The molecular formula is C15H13ClN2. The maximum atomic E-state index is 8.70. The van der Waals surface area contributed by atoms with E-state index in [1.807, 2.05) is 48.5 Å². The number of nitrogens with zero attached hydrogens (tertiary/aromatic N) is 1. The number of hydrogen-bond donors (Lipinski definition) is 1. The third kappa shape index (κ3) is 3.33. The molecule has 0 heterocycles. The van der Waals surface area contributed by atoms with Crippen LogP contribution in [0.3, 0.4) is 0 Å². The van der Waals surface area contributed by atoms with Crippen LogP contribution in [-0.2, 0) is 13.1 Å². The second-order valence-electron chi connectivity index (χ2n) is 4.00. The minimum atomic E-state index is 0.685. The largest absolute Gasteiger partial charge is 0.309 e. The van der Waals surface area contributed by atoms with Gasteiger partial charge in [-0.1, -0.05) is 41.9 Å². The van der Waals surface area contributed by atoms with E-state index in [1.165, 1.54) is 0 Å². The highest BCUT2D eigenvalue weighted by Gasteiger charge is 1.98. The van der Waals surface area contributed by atoms with E-state index in [0.29, 0.717) is 5.56 Å². The van der Waals surface area contributed by atoms with Gasteiger partial charge in [-0.15, -0.1) is 0 Å². The van der Waals surface area contributed by atoms with E-state index in [4.69, 9.17) is 16.9 Å². The Bertz CT molecular complexity index is 555. The Hall–Kier alpha value is -1.82. The standard InChI is InChI=1S/C15H13ClN2/c16-15-4-2-1-3-14(15)11-18-10-13-7-5-12(9-17)6-8-13/h1-8,18H,10-11H2. The summed E-state index contributed by atoms with van der Waals surface area (Å²) in [5.74, 6) is 0. The van der Waals surface area contributed by atoms with Crippen molar-refractivity contribution in [1.29, 1.82) is 5.26 Å². The smallest absolute Gasteiger partial charge is 0.0991 e. The first-order valence-corrected chi connectivity index (χ1v) is 6.10. The van der Waals surface area contributed by atoms with Crippen molar-refractivity contribution in [2.45, 2.75) is 13.1 Å². The Balaban J connectivity index is 1.89. The molecule has 0 bridgehead atoms. The maximum absolute atomic E-state index is 8.70. The Labute approximate surface area is 112 Å². The molecule has 90 valence electrons. The quantitative estimate of drug-likeness (QED) is 0.909. The predicted octanol–water partition coefficient (Wildman–Crippen LogP) is 3.50. The fourth-order valence-corrected chi connectivity index (χ4v) is 1.88. The van der Waals surface area contributed by atoms with Gasteiger partial charge in [0.05, 0.1) is 11.6 Å². The van der Waals surface area contributed by atoms with Crippen molar-refractivity contribution >= 4 is 11.6 Å². The van der Waals surface area contributed by atoms with Gasteiger partial charge in [-0.2, -0.15) is 5.26 Å². The summed E-state index contributed by atoms with van der Waals surface area (Å²) in [7, 11) is 0. The summed E-state index contributed by atoms with van der Waals surface area (Å²) in [5.41, 5.74) is 2.93. The fourth-order valence-electron chi connectivity index (χ4n) is 1.68. The van der Waals surface area contributed by atoms with Gasteiger partial charge in [0.25, 0.3) is 0 Å². The molecule has 1 N–H and O–H groups in total. The third-order valence-corrected chi connectivity index (χ3v) is 3.05. The monoisotopic (exact) mass is 256 g/mol. The number of benzene rings is 2. The van der Waals surface area contributed by atoms with Crippen LogP contribution in [0.25, 0.3) is 0 Å². The Morgan fingerprint density at radius 3 is 2.39 bits per heavy atom. The van der Waals surface area contributed by atoms with Gasteiger partial charge in [-0.25, -0.2) is 0 Å². The highest BCUT2D eigenvalue weighted by atomic mass is 35.5. The first-order chi connectivity index (χ1) is 8.79. The molecule has 18 heavy (non-hydrogen) atoms. The van der Waals surface area contributed by atoms with Gasteiger partial charge in [0, 0.05) is 18.1 Å². The lowest BCUT2D eigenvalue weighted by atomic mass is 10.1. The number of nitriles is 1. The van der Waals surface area contributed by atoms with E-state index < -0.39 is 0 Å². The van der Waals surface area contributed by atoms with Crippen LogP contribution in [-0.4, -0.2) is 0 Å². The van der Waals surface area contributed by atoms with Crippen molar-refractivity contribution in [3.05, 3.63) is 70.2 Å². The highest BCUT2D eigenvalue weighted by Crippen LogP contribution is 2.14. The van der Waals surface area contributed by atoms with Gasteiger partial charge in [0.1, 0.15) is 0 Å². The van der Waals surface area contributed by atoms with E-state index in [0.717, 1.165) is 29.2 Å². The lowest BCUT2D eigenvalue weighted by Gasteiger charge is -2.06. The van der Waals surface area contributed by atoms with Gasteiger partial charge in [-0.3, -0.25) is 0 Å². The van der Waals surface area contributed by atoms with Crippen LogP contribution in [0.2, 0.25) is 5.02 Å². The van der Waals surface area contributed by atoms with E-state index in [2.05, 4.69) is 11.4 Å². The first kappa shape index (κ1) is 12.6. The fraction of sp³-hybridized carbons (Fsp3) is 0.133. The summed E-state index contributed by atoms with van der Waals surface area (Å²) in [4.78, 5) is 0. The minimum absolute atomic E-state index is 0.685. The molecule has 0 aliphatic carbocycles. The summed E-state index contributed by atoms with van der Waals surface area (Å²) >= 11 is 6.07. The van der Waals surface area contributed by atoms with Crippen molar-refractivity contribution in [3.8, 4) is 6.07 Å². The van der Waals surface area contributed by atoms with Crippen LogP contribution in [0.1, 0.15) is 16.7 Å². The summed E-state index contributed by atoms with van der Waals surface area (Å²) in [5, 5.41) is 12.8. The lowest BCUT2D eigenvalue weighted by molar-refractivity contribution is 0.693. The molecule has 2 aromatic rings. The SMILES string of the molecule is N#Cc1ccc(CNCc2ccccc2Cl)cc1.